The van der Waals surface area contributed by atoms with Crippen LogP contribution in [0.15, 0.2) is 36.5 Å². The number of benzene rings is 1. The molecule has 0 fully saturated rings. The number of nitrogens with two attached hydrogens (primary N) is 1. The van der Waals surface area contributed by atoms with Crippen molar-refractivity contribution in [2.75, 3.05) is 0 Å². The first-order valence-corrected chi connectivity index (χ1v) is 6.14. The molecule has 0 aliphatic carbocycles. The van der Waals surface area contributed by atoms with Crippen LogP contribution in [0.3, 0.4) is 0 Å². The fourth-order valence-electron chi connectivity index (χ4n) is 1.85. The predicted octanol–water partition coefficient (Wildman–Crippen LogP) is 2.90. The first kappa shape index (κ1) is 13.0. The Morgan fingerprint density at radius 1 is 1.17 bits per heavy atom. The molecule has 1 aromatic heterocycles. The predicted molar refractivity (Wildman–Crippen MR) is 74.3 cm³/mol. The third kappa shape index (κ3) is 2.70. The monoisotopic (exact) mass is 261 g/mol. The van der Waals surface area contributed by atoms with E-state index in [1.807, 2.05) is 12.1 Å². The van der Waals surface area contributed by atoms with E-state index in [2.05, 4.69) is 42.5 Å². The lowest BCUT2D eigenvalue weighted by molar-refractivity contribution is 0.620. The molecule has 3 nitrogen and oxygen atoms in total. The van der Waals surface area contributed by atoms with Gasteiger partial charge in [0.1, 0.15) is 0 Å². The Hall–Kier alpha value is -1.42. The maximum absolute atomic E-state index is 5.84. The Morgan fingerprint density at radius 2 is 1.94 bits per heavy atom. The lowest BCUT2D eigenvalue weighted by Crippen LogP contribution is -2.29. The van der Waals surface area contributed by atoms with Crippen molar-refractivity contribution >= 4 is 11.6 Å². The summed E-state index contributed by atoms with van der Waals surface area (Å²) in [7, 11) is 0. The molecule has 0 saturated heterocycles. The van der Waals surface area contributed by atoms with Crippen LogP contribution >= 0.6 is 11.6 Å². The summed E-state index contributed by atoms with van der Waals surface area (Å²) >= 11 is 5.84. The lowest BCUT2D eigenvalue weighted by Gasteiger charge is -2.17. The second-order valence-electron chi connectivity index (χ2n) is 4.34. The Kier molecular flexibility index (Phi) is 3.97. The number of rotatable bonds is 3. The zero-order chi connectivity index (χ0) is 13.1. The van der Waals surface area contributed by atoms with E-state index in [-0.39, 0.29) is 6.04 Å². The highest BCUT2D eigenvalue weighted by Crippen LogP contribution is 2.22. The van der Waals surface area contributed by atoms with Gasteiger partial charge in [0.2, 0.25) is 0 Å². The Morgan fingerprint density at radius 3 is 2.50 bits per heavy atom. The molecule has 18 heavy (non-hydrogen) atoms. The molecule has 0 amide bonds. The Balaban J connectivity index is 2.38. The summed E-state index contributed by atoms with van der Waals surface area (Å²) in [6.07, 6.45) is 1.63. The number of nitrogens with one attached hydrogen (secondary N) is 1. The first-order chi connectivity index (χ1) is 8.61. The van der Waals surface area contributed by atoms with Gasteiger partial charge in [-0.25, -0.2) is 5.43 Å². The van der Waals surface area contributed by atoms with Gasteiger partial charge in [0.25, 0.3) is 0 Å². The van der Waals surface area contributed by atoms with Crippen LogP contribution in [-0.2, 0) is 0 Å². The smallest absolute Gasteiger partial charge is 0.0881 e. The summed E-state index contributed by atoms with van der Waals surface area (Å²) in [4.78, 5) is 4.30. The van der Waals surface area contributed by atoms with E-state index in [4.69, 9.17) is 17.4 Å². The summed E-state index contributed by atoms with van der Waals surface area (Å²) in [5, 5.41) is 0.620. The summed E-state index contributed by atoms with van der Waals surface area (Å²) in [6.45, 7) is 4.17. The molecule has 0 radical (unpaired) electrons. The fourth-order valence-corrected chi connectivity index (χ4v) is 1.97. The number of hydrogen-bond acceptors (Lipinski definition) is 3. The van der Waals surface area contributed by atoms with Crippen LogP contribution in [0.5, 0.6) is 0 Å². The van der Waals surface area contributed by atoms with Gasteiger partial charge in [-0.15, -0.1) is 0 Å². The van der Waals surface area contributed by atoms with Gasteiger partial charge in [0, 0.05) is 6.20 Å². The Labute approximate surface area is 112 Å². The zero-order valence-electron chi connectivity index (χ0n) is 10.4. The van der Waals surface area contributed by atoms with Crippen LogP contribution in [0.25, 0.3) is 0 Å². The maximum atomic E-state index is 5.84. The summed E-state index contributed by atoms with van der Waals surface area (Å²) in [6, 6.07) is 9.84. The molecule has 1 atom stereocenters. The number of pyridine rings is 1. The van der Waals surface area contributed by atoms with Crippen molar-refractivity contribution < 1.29 is 0 Å². The number of nitrogens with zero attached hydrogens (tertiary/aromatic N) is 1. The molecular formula is C14H16ClN3. The van der Waals surface area contributed by atoms with Crippen LogP contribution in [-0.4, -0.2) is 4.98 Å². The average molecular weight is 262 g/mol. The largest absolute Gasteiger partial charge is 0.271 e. The van der Waals surface area contributed by atoms with Crippen molar-refractivity contribution in [1.29, 1.82) is 0 Å². The molecule has 4 heteroatoms. The van der Waals surface area contributed by atoms with E-state index in [1.165, 1.54) is 11.1 Å². The van der Waals surface area contributed by atoms with E-state index < -0.39 is 0 Å². The topological polar surface area (TPSA) is 50.9 Å². The highest BCUT2D eigenvalue weighted by atomic mass is 35.5. The van der Waals surface area contributed by atoms with Crippen molar-refractivity contribution in [3.05, 3.63) is 63.9 Å². The second-order valence-corrected chi connectivity index (χ2v) is 4.78. The zero-order valence-corrected chi connectivity index (χ0v) is 11.2. The van der Waals surface area contributed by atoms with Gasteiger partial charge in [0.15, 0.2) is 0 Å². The molecule has 0 bridgehead atoms. The van der Waals surface area contributed by atoms with E-state index in [9.17, 15) is 0 Å². The quantitative estimate of drug-likeness (QED) is 0.660. The van der Waals surface area contributed by atoms with Crippen LogP contribution in [0.1, 0.15) is 28.4 Å². The molecule has 2 aromatic rings. The summed E-state index contributed by atoms with van der Waals surface area (Å²) < 4.78 is 0. The highest BCUT2D eigenvalue weighted by molar-refractivity contribution is 6.30. The molecule has 2 rings (SSSR count). The van der Waals surface area contributed by atoms with Gasteiger partial charge < -0.3 is 0 Å². The van der Waals surface area contributed by atoms with Crippen molar-refractivity contribution in [2.45, 2.75) is 19.9 Å². The van der Waals surface area contributed by atoms with Crippen LogP contribution < -0.4 is 11.3 Å². The molecule has 94 valence electrons. The van der Waals surface area contributed by atoms with E-state index in [0.29, 0.717) is 5.02 Å². The minimum absolute atomic E-state index is 0.124. The number of aromatic nitrogens is 1. The third-order valence-electron chi connectivity index (χ3n) is 3.08. The maximum Gasteiger partial charge on any atom is 0.0881 e. The van der Waals surface area contributed by atoms with Gasteiger partial charge in [-0.1, -0.05) is 29.8 Å². The van der Waals surface area contributed by atoms with Gasteiger partial charge in [0.05, 0.1) is 16.8 Å². The van der Waals surface area contributed by atoms with Crippen molar-refractivity contribution in [3.63, 3.8) is 0 Å². The van der Waals surface area contributed by atoms with Crippen molar-refractivity contribution in [1.82, 2.24) is 10.4 Å². The Bertz CT molecular complexity index is 537. The molecule has 1 aromatic carbocycles. The minimum Gasteiger partial charge on any atom is -0.271 e. The number of aryl methyl sites for hydroxylation is 2. The van der Waals surface area contributed by atoms with E-state index >= 15 is 0 Å². The fraction of sp³-hybridized carbons (Fsp3) is 0.214. The average Bonchev–Trinajstić information content (AvgIpc) is 2.37. The van der Waals surface area contributed by atoms with Crippen molar-refractivity contribution in [2.24, 2.45) is 5.84 Å². The standard InChI is InChI=1S/C14H16ClN3/c1-9-3-4-11(7-10(9)2)14(18-16)13-6-5-12(15)8-17-13/h3-8,14,18H,16H2,1-2H3. The minimum atomic E-state index is -0.124. The molecular weight excluding hydrogens is 246 g/mol. The third-order valence-corrected chi connectivity index (χ3v) is 3.30. The number of hydrazine groups is 1. The van der Waals surface area contributed by atoms with Gasteiger partial charge in [-0.05, 0) is 42.7 Å². The molecule has 0 saturated carbocycles. The molecule has 0 aliphatic rings. The van der Waals surface area contributed by atoms with Gasteiger partial charge in [-0.2, -0.15) is 0 Å². The molecule has 1 unspecified atom stereocenters. The molecule has 1 heterocycles. The SMILES string of the molecule is Cc1ccc(C(NN)c2ccc(Cl)cn2)cc1C. The summed E-state index contributed by atoms with van der Waals surface area (Å²) in [5.74, 6) is 5.64. The lowest BCUT2D eigenvalue weighted by atomic mass is 9.99. The van der Waals surface area contributed by atoms with E-state index in [0.717, 1.165) is 11.3 Å². The van der Waals surface area contributed by atoms with Gasteiger partial charge >= 0.3 is 0 Å². The highest BCUT2D eigenvalue weighted by Gasteiger charge is 2.14. The van der Waals surface area contributed by atoms with Crippen molar-refractivity contribution in [3.8, 4) is 0 Å². The normalized spacial score (nSPS) is 12.4. The summed E-state index contributed by atoms with van der Waals surface area (Å²) in [5.41, 5.74) is 7.24. The molecule has 3 N–H and O–H groups in total. The second kappa shape index (κ2) is 5.48. The molecule has 0 aliphatic heterocycles. The number of hydrogen-bond donors (Lipinski definition) is 2. The first-order valence-electron chi connectivity index (χ1n) is 5.76. The van der Waals surface area contributed by atoms with Crippen LogP contribution in [0, 0.1) is 13.8 Å². The number of halogens is 1. The molecule has 0 spiro atoms. The van der Waals surface area contributed by atoms with Gasteiger partial charge in [-0.3, -0.25) is 10.8 Å². The van der Waals surface area contributed by atoms with E-state index in [1.54, 1.807) is 6.20 Å². The van der Waals surface area contributed by atoms with Crippen LogP contribution in [0.4, 0.5) is 0 Å². The van der Waals surface area contributed by atoms with Crippen LogP contribution in [0.2, 0.25) is 5.02 Å².